The van der Waals surface area contributed by atoms with Crippen molar-refractivity contribution < 1.29 is 24.5 Å². The number of phenols is 3. The van der Waals surface area contributed by atoms with E-state index < -0.39 is 23.3 Å². The summed E-state index contributed by atoms with van der Waals surface area (Å²) in [4.78, 5) is 11.7. The summed E-state index contributed by atoms with van der Waals surface area (Å²) < 4.78 is 13.4. The minimum atomic E-state index is -0.662. The molecule has 2 aromatic rings. The van der Waals surface area contributed by atoms with Crippen LogP contribution in [0.1, 0.15) is 5.56 Å². The second-order valence-electron chi connectivity index (χ2n) is 4.59. The zero-order valence-corrected chi connectivity index (χ0v) is 11.5. The molecule has 0 bridgehead atoms. The molecule has 0 aliphatic carbocycles. The first-order valence-electron chi connectivity index (χ1n) is 6.50. The lowest BCUT2D eigenvalue weighted by molar-refractivity contribution is 0.252. The van der Waals surface area contributed by atoms with Crippen LogP contribution in [-0.4, -0.2) is 27.9 Å². The first kappa shape index (κ1) is 15.4. The number of carbonyl (C=O) groups is 1. The standard InChI is InChI=1S/C15H15FN2O4/c16-11-4-2-1-3-9(11)5-6-17-15(22)18-10-7-12(19)14(21)13(20)8-10/h1-4,7-8,19-21H,5-6H2,(H2,17,18,22). The predicted molar refractivity (Wildman–Crippen MR) is 78.6 cm³/mol. The van der Waals surface area contributed by atoms with E-state index in [1.165, 1.54) is 6.07 Å². The number of hydrogen-bond donors (Lipinski definition) is 5. The minimum Gasteiger partial charge on any atom is -0.504 e. The van der Waals surface area contributed by atoms with Gasteiger partial charge in [-0.05, 0) is 18.1 Å². The SMILES string of the molecule is O=C(NCCc1ccccc1F)Nc1cc(O)c(O)c(O)c1. The molecule has 0 aliphatic heterocycles. The summed E-state index contributed by atoms with van der Waals surface area (Å²) in [6.45, 7) is 0.211. The third-order valence-corrected chi connectivity index (χ3v) is 2.97. The Hall–Kier alpha value is -2.96. The Morgan fingerprint density at radius 3 is 2.36 bits per heavy atom. The lowest BCUT2D eigenvalue weighted by Gasteiger charge is -2.09. The van der Waals surface area contributed by atoms with Crippen molar-refractivity contribution in [3.63, 3.8) is 0 Å². The highest BCUT2D eigenvalue weighted by Gasteiger charge is 2.10. The molecule has 0 unspecified atom stereocenters. The number of carbonyl (C=O) groups excluding carboxylic acids is 1. The smallest absolute Gasteiger partial charge is 0.319 e. The Bertz CT molecular complexity index is 668. The van der Waals surface area contributed by atoms with Crippen LogP contribution in [0.4, 0.5) is 14.9 Å². The quantitative estimate of drug-likeness (QED) is 0.442. The molecule has 0 atom stereocenters. The van der Waals surface area contributed by atoms with Gasteiger partial charge >= 0.3 is 6.03 Å². The average molecular weight is 306 g/mol. The van der Waals surface area contributed by atoms with E-state index in [-0.39, 0.29) is 18.0 Å². The van der Waals surface area contributed by atoms with E-state index in [0.29, 0.717) is 12.0 Å². The van der Waals surface area contributed by atoms with Gasteiger partial charge in [0.2, 0.25) is 0 Å². The maximum Gasteiger partial charge on any atom is 0.319 e. The van der Waals surface area contributed by atoms with Crippen LogP contribution < -0.4 is 10.6 Å². The fraction of sp³-hybridized carbons (Fsp3) is 0.133. The van der Waals surface area contributed by atoms with Crippen molar-refractivity contribution in [1.82, 2.24) is 5.32 Å². The van der Waals surface area contributed by atoms with Gasteiger partial charge in [0, 0.05) is 18.7 Å². The molecule has 0 radical (unpaired) electrons. The second kappa shape index (κ2) is 6.66. The maximum absolute atomic E-state index is 13.4. The van der Waals surface area contributed by atoms with Crippen molar-refractivity contribution in [2.24, 2.45) is 0 Å². The van der Waals surface area contributed by atoms with Crippen LogP contribution in [0.3, 0.4) is 0 Å². The number of hydrogen-bond acceptors (Lipinski definition) is 4. The van der Waals surface area contributed by atoms with Crippen LogP contribution in [0.5, 0.6) is 17.2 Å². The van der Waals surface area contributed by atoms with Gasteiger partial charge in [-0.25, -0.2) is 9.18 Å². The van der Waals surface area contributed by atoms with E-state index in [1.54, 1.807) is 18.2 Å². The number of benzene rings is 2. The van der Waals surface area contributed by atoms with E-state index in [0.717, 1.165) is 12.1 Å². The summed E-state index contributed by atoms with van der Waals surface area (Å²) in [6.07, 6.45) is 0.326. The van der Waals surface area contributed by atoms with Gasteiger partial charge in [-0.15, -0.1) is 0 Å². The fourth-order valence-corrected chi connectivity index (χ4v) is 1.86. The van der Waals surface area contributed by atoms with E-state index in [9.17, 15) is 24.5 Å². The zero-order valence-electron chi connectivity index (χ0n) is 11.5. The number of phenolic OH excluding ortho intramolecular Hbond substituents is 3. The molecule has 2 aromatic carbocycles. The maximum atomic E-state index is 13.4. The third-order valence-electron chi connectivity index (χ3n) is 2.97. The molecule has 7 heteroatoms. The third kappa shape index (κ3) is 3.78. The Kier molecular flexibility index (Phi) is 4.67. The summed E-state index contributed by atoms with van der Waals surface area (Å²) in [5, 5.41) is 32.7. The van der Waals surface area contributed by atoms with E-state index in [4.69, 9.17) is 0 Å². The van der Waals surface area contributed by atoms with Gasteiger partial charge < -0.3 is 26.0 Å². The van der Waals surface area contributed by atoms with Crippen molar-refractivity contribution in [2.45, 2.75) is 6.42 Å². The van der Waals surface area contributed by atoms with Gasteiger partial charge in [-0.3, -0.25) is 0 Å². The molecule has 0 aliphatic rings. The van der Waals surface area contributed by atoms with Crippen molar-refractivity contribution in [2.75, 3.05) is 11.9 Å². The van der Waals surface area contributed by atoms with Crippen LogP contribution in [0.25, 0.3) is 0 Å². The molecule has 0 aromatic heterocycles. The van der Waals surface area contributed by atoms with E-state index in [1.807, 2.05) is 0 Å². The summed E-state index contributed by atoms with van der Waals surface area (Å²) in [5.41, 5.74) is 0.596. The van der Waals surface area contributed by atoms with Crippen molar-refractivity contribution in [3.05, 3.63) is 47.8 Å². The molecular weight excluding hydrogens is 291 g/mol. The van der Waals surface area contributed by atoms with Gasteiger partial charge in [0.15, 0.2) is 17.2 Å². The molecule has 0 heterocycles. The Balaban J connectivity index is 1.87. The topological polar surface area (TPSA) is 102 Å². The molecule has 0 spiro atoms. The van der Waals surface area contributed by atoms with E-state index >= 15 is 0 Å². The van der Waals surface area contributed by atoms with Crippen LogP contribution in [0.15, 0.2) is 36.4 Å². The minimum absolute atomic E-state index is 0.108. The lowest BCUT2D eigenvalue weighted by Crippen LogP contribution is -2.30. The first-order chi connectivity index (χ1) is 10.5. The van der Waals surface area contributed by atoms with Crippen LogP contribution in [-0.2, 0) is 6.42 Å². The molecule has 116 valence electrons. The molecule has 22 heavy (non-hydrogen) atoms. The lowest BCUT2D eigenvalue weighted by atomic mass is 10.1. The zero-order chi connectivity index (χ0) is 16.1. The summed E-state index contributed by atoms with van der Waals surface area (Å²) >= 11 is 0. The van der Waals surface area contributed by atoms with Gasteiger partial charge in [-0.2, -0.15) is 0 Å². The number of anilines is 1. The molecule has 0 saturated heterocycles. The van der Waals surface area contributed by atoms with Gasteiger partial charge in [0.1, 0.15) is 5.82 Å². The van der Waals surface area contributed by atoms with Crippen LogP contribution in [0, 0.1) is 5.82 Å². The molecule has 2 amide bonds. The number of halogens is 1. The monoisotopic (exact) mass is 306 g/mol. The van der Waals surface area contributed by atoms with Crippen molar-refractivity contribution >= 4 is 11.7 Å². The number of nitrogens with one attached hydrogen (secondary N) is 2. The summed E-state index contributed by atoms with van der Waals surface area (Å²) in [5.74, 6) is -2.10. The Morgan fingerprint density at radius 1 is 1.09 bits per heavy atom. The van der Waals surface area contributed by atoms with Gasteiger partial charge in [0.05, 0.1) is 5.69 Å². The van der Waals surface area contributed by atoms with E-state index in [2.05, 4.69) is 10.6 Å². The number of urea groups is 1. The van der Waals surface area contributed by atoms with Crippen molar-refractivity contribution in [3.8, 4) is 17.2 Å². The Labute approximate surface area is 125 Å². The van der Waals surface area contributed by atoms with Crippen LogP contribution in [0.2, 0.25) is 0 Å². The highest BCUT2D eigenvalue weighted by atomic mass is 19.1. The number of aromatic hydroxyl groups is 3. The highest BCUT2D eigenvalue weighted by molar-refractivity contribution is 5.90. The normalized spacial score (nSPS) is 10.2. The first-order valence-corrected chi connectivity index (χ1v) is 6.50. The highest BCUT2D eigenvalue weighted by Crippen LogP contribution is 2.37. The predicted octanol–water partition coefficient (Wildman–Crippen LogP) is 2.31. The number of rotatable bonds is 4. The average Bonchev–Trinajstić information content (AvgIpc) is 2.46. The summed E-state index contributed by atoms with van der Waals surface area (Å²) in [6, 6.07) is 7.86. The summed E-state index contributed by atoms with van der Waals surface area (Å²) in [7, 11) is 0. The van der Waals surface area contributed by atoms with Gasteiger partial charge in [-0.1, -0.05) is 18.2 Å². The largest absolute Gasteiger partial charge is 0.504 e. The molecule has 0 fully saturated rings. The van der Waals surface area contributed by atoms with Crippen molar-refractivity contribution in [1.29, 1.82) is 0 Å². The molecule has 5 N–H and O–H groups in total. The fourth-order valence-electron chi connectivity index (χ4n) is 1.86. The molecular formula is C15H15FN2O4. The second-order valence-corrected chi connectivity index (χ2v) is 4.59. The van der Waals surface area contributed by atoms with Crippen LogP contribution >= 0.6 is 0 Å². The molecule has 2 rings (SSSR count). The van der Waals surface area contributed by atoms with Gasteiger partial charge in [0.25, 0.3) is 0 Å². The molecule has 0 saturated carbocycles. The Morgan fingerprint density at radius 2 is 1.73 bits per heavy atom. The number of amides is 2. The molecule has 6 nitrogen and oxygen atoms in total.